The Morgan fingerprint density at radius 3 is 2.53 bits per heavy atom. The minimum Gasteiger partial charge on any atom is -0.353 e. The molecule has 1 saturated heterocycles. The van der Waals surface area contributed by atoms with Crippen LogP contribution in [-0.4, -0.2) is 48.9 Å². The van der Waals surface area contributed by atoms with Gasteiger partial charge in [0.1, 0.15) is 0 Å². The number of nitrogens with zero attached hydrogens (tertiary/aromatic N) is 1. The van der Waals surface area contributed by atoms with Crippen molar-refractivity contribution < 1.29 is 8.42 Å². The van der Waals surface area contributed by atoms with Crippen LogP contribution in [0.1, 0.15) is 0 Å². The van der Waals surface area contributed by atoms with Crippen molar-refractivity contribution in [3.05, 3.63) is 63.9 Å². The number of aromatic nitrogens is 2. The molecule has 7 nitrogen and oxygen atoms in total. The summed E-state index contributed by atoms with van der Waals surface area (Å²) in [4.78, 5) is 18.8. The summed E-state index contributed by atoms with van der Waals surface area (Å²) in [7, 11) is -3.61. The highest BCUT2D eigenvalue weighted by Gasteiger charge is 2.26. The van der Waals surface area contributed by atoms with Gasteiger partial charge in [0, 0.05) is 53.7 Å². The Morgan fingerprint density at radius 1 is 0.933 bits per heavy atom. The third-order valence-electron chi connectivity index (χ3n) is 5.41. The summed E-state index contributed by atoms with van der Waals surface area (Å²) >= 11 is 6.14. The molecule has 154 valence electrons. The molecular formula is C21H19ClN4O3S. The topological polar surface area (TPSA) is 98.1 Å². The van der Waals surface area contributed by atoms with Crippen molar-refractivity contribution in [3.8, 4) is 11.1 Å². The SMILES string of the molecule is O=c1cc(-c2cccc(S(=O)(=O)N3CCNCC3)c2)c2[nH]c3ccc(Cl)cc3c2[nH]1. The number of pyridine rings is 1. The first-order chi connectivity index (χ1) is 14.4. The van der Waals surface area contributed by atoms with Crippen molar-refractivity contribution in [3.63, 3.8) is 0 Å². The normalized spacial score (nSPS) is 15.8. The molecule has 0 radical (unpaired) electrons. The molecular weight excluding hydrogens is 424 g/mol. The van der Waals surface area contributed by atoms with Crippen molar-refractivity contribution in [1.82, 2.24) is 19.6 Å². The second-order valence-corrected chi connectivity index (χ2v) is 9.67. The number of hydrogen-bond donors (Lipinski definition) is 3. The maximum absolute atomic E-state index is 13.1. The number of halogens is 1. The Hall–Kier alpha value is -2.65. The van der Waals surface area contributed by atoms with E-state index in [-0.39, 0.29) is 10.5 Å². The Balaban J connectivity index is 1.69. The molecule has 2 aromatic heterocycles. The molecule has 5 rings (SSSR count). The van der Waals surface area contributed by atoms with Crippen molar-refractivity contribution >= 4 is 43.6 Å². The number of H-pyrrole nitrogens is 2. The molecule has 30 heavy (non-hydrogen) atoms. The molecule has 0 unspecified atom stereocenters. The minimum atomic E-state index is -3.61. The largest absolute Gasteiger partial charge is 0.353 e. The summed E-state index contributed by atoms with van der Waals surface area (Å²) < 4.78 is 27.7. The quantitative estimate of drug-likeness (QED) is 0.454. The predicted molar refractivity (Wildman–Crippen MR) is 118 cm³/mol. The van der Waals surface area contributed by atoms with Gasteiger partial charge in [0.15, 0.2) is 0 Å². The molecule has 1 fully saturated rings. The van der Waals surface area contributed by atoms with Crippen LogP contribution in [0.5, 0.6) is 0 Å². The number of fused-ring (bicyclic) bond motifs is 3. The van der Waals surface area contributed by atoms with E-state index in [4.69, 9.17) is 11.6 Å². The second kappa shape index (κ2) is 7.24. The van der Waals surface area contributed by atoms with E-state index in [0.29, 0.717) is 47.8 Å². The van der Waals surface area contributed by atoms with Gasteiger partial charge in [-0.05, 0) is 35.9 Å². The van der Waals surface area contributed by atoms with Crippen molar-refractivity contribution in [2.24, 2.45) is 0 Å². The zero-order valence-corrected chi connectivity index (χ0v) is 17.5. The van der Waals surface area contributed by atoms with Gasteiger partial charge in [0.25, 0.3) is 0 Å². The van der Waals surface area contributed by atoms with Crippen molar-refractivity contribution in [1.29, 1.82) is 0 Å². The third-order valence-corrected chi connectivity index (χ3v) is 7.54. The van der Waals surface area contributed by atoms with E-state index in [0.717, 1.165) is 16.4 Å². The van der Waals surface area contributed by atoms with Crippen LogP contribution in [0.4, 0.5) is 0 Å². The summed E-state index contributed by atoms with van der Waals surface area (Å²) in [6.45, 7) is 2.13. The molecule has 0 saturated carbocycles. The first kappa shape index (κ1) is 19.3. The molecule has 9 heteroatoms. The lowest BCUT2D eigenvalue weighted by atomic mass is 10.1. The predicted octanol–water partition coefficient (Wildman–Crippen LogP) is 2.92. The number of benzene rings is 2. The number of nitrogens with one attached hydrogen (secondary N) is 3. The molecule has 0 bridgehead atoms. The molecule has 0 aliphatic carbocycles. The van der Waals surface area contributed by atoms with E-state index >= 15 is 0 Å². The van der Waals surface area contributed by atoms with E-state index in [1.165, 1.54) is 10.4 Å². The fraction of sp³-hybridized carbons (Fsp3) is 0.190. The van der Waals surface area contributed by atoms with E-state index in [1.54, 1.807) is 30.3 Å². The van der Waals surface area contributed by atoms with Gasteiger partial charge < -0.3 is 15.3 Å². The van der Waals surface area contributed by atoms with Gasteiger partial charge in [-0.1, -0.05) is 23.7 Å². The lowest BCUT2D eigenvalue weighted by Gasteiger charge is -2.26. The van der Waals surface area contributed by atoms with E-state index < -0.39 is 10.0 Å². The Labute approximate surface area is 177 Å². The van der Waals surface area contributed by atoms with Crippen molar-refractivity contribution in [2.45, 2.75) is 4.90 Å². The fourth-order valence-corrected chi connectivity index (χ4v) is 5.60. The molecule has 4 aromatic rings. The first-order valence-corrected chi connectivity index (χ1v) is 11.4. The van der Waals surface area contributed by atoms with Crippen LogP contribution < -0.4 is 10.9 Å². The maximum atomic E-state index is 13.1. The Morgan fingerprint density at radius 2 is 1.73 bits per heavy atom. The Bertz CT molecular complexity index is 1440. The number of piperazine rings is 1. The molecule has 0 amide bonds. The van der Waals surface area contributed by atoms with Gasteiger partial charge in [-0.25, -0.2) is 8.42 Å². The van der Waals surface area contributed by atoms with Crippen molar-refractivity contribution in [2.75, 3.05) is 26.2 Å². The number of sulfonamides is 1. The number of rotatable bonds is 3. The average molecular weight is 443 g/mol. The van der Waals surface area contributed by atoms with Gasteiger partial charge in [-0.3, -0.25) is 4.79 Å². The fourth-order valence-electron chi connectivity index (χ4n) is 3.94. The molecule has 0 spiro atoms. The van der Waals surface area contributed by atoms with Crippen LogP contribution in [0, 0.1) is 0 Å². The molecule has 3 heterocycles. The molecule has 1 aliphatic rings. The molecule has 1 aliphatic heterocycles. The van der Waals surface area contributed by atoms with E-state index in [2.05, 4.69) is 15.3 Å². The zero-order valence-electron chi connectivity index (χ0n) is 15.9. The van der Waals surface area contributed by atoms with E-state index in [9.17, 15) is 13.2 Å². The monoisotopic (exact) mass is 442 g/mol. The average Bonchev–Trinajstić information content (AvgIpc) is 3.11. The highest BCUT2D eigenvalue weighted by molar-refractivity contribution is 7.89. The van der Waals surface area contributed by atoms with Gasteiger partial charge in [-0.2, -0.15) is 4.31 Å². The lowest BCUT2D eigenvalue weighted by molar-refractivity contribution is 0.360. The van der Waals surface area contributed by atoms with Gasteiger partial charge >= 0.3 is 0 Å². The summed E-state index contributed by atoms with van der Waals surface area (Å²) in [6, 6.07) is 13.6. The smallest absolute Gasteiger partial charge is 0.249 e. The van der Waals surface area contributed by atoms with Crippen LogP contribution in [0.25, 0.3) is 33.1 Å². The van der Waals surface area contributed by atoms with Crippen LogP contribution >= 0.6 is 11.6 Å². The van der Waals surface area contributed by atoms with E-state index in [1.807, 2.05) is 12.1 Å². The van der Waals surface area contributed by atoms with Gasteiger partial charge in [0.2, 0.25) is 15.6 Å². The van der Waals surface area contributed by atoms with Crippen LogP contribution in [0.3, 0.4) is 0 Å². The highest BCUT2D eigenvalue weighted by atomic mass is 35.5. The summed E-state index contributed by atoms with van der Waals surface area (Å²) in [5, 5.41) is 4.54. The highest BCUT2D eigenvalue weighted by Crippen LogP contribution is 2.33. The molecule has 3 N–H and O–H groups in total. The van der Waals surface area contributed by atoms with Gasteiger partial charge in [0.05, 0.1) is 15.9 Å². The van der Waals surface area contributed by atoms with Gasteiger partial charge in [-0.15, -0.1) is 0 Å². The lowest BCUT2D eigenvalue weighted by Crippen LogP contribution is -2.46. The number of hydrogen-bond acceptors (Lipinski definition) is 4. The van der Waals surface area contributed by atoms with Crippen LogP contribution in [-0.2, 0) is 10.0 Å². The molecule has 0 atom stereocenters. The summed E-state index contributed by atoms with van der Waals surface area (Å²) in [5.74, 6) is 0. The third kappa shape index (κ3) is 3.22. The first-order valence-electron chi connectivity index (χ1n) is 9.59. The van der Waals surface area contributed by atoms with Crippen LogP contribution in [0.2, 0.25) is 5.02 Å². The molecule has 2 aromatic carbocycles. The number of aromatic amines is 2. The zero-order chi connectivity index (χ0) is 20.9. The Kier molecular flexibility index (Phi) is 4.67. The standard InChI is InChI=1S/C21H19ClN4O3S/c22-14-4-5-18-17(11-14)21-20(24-18)16(12-19(27)25-21)13-2-1-3-15(10-13)30(28,29)26-8-6-23-7-9-26/h1-5,10-12,23-24H,6-9H2,(H,25,27). The summed E-state index contributed by atoms with van der Waals surface area (Å²) in [6.07, 6.45) is 0. The maximum Gasteiger partial charge on any atom is 0.249 e. The minimum absolute atomic E-state index is 0.217. The summed E-state index contributed by atoms with van der Waals surface area (Å²) in [5.41, 5.74) is 3.23. The second-order valence-electron chi connectivity index (χ2n) is 7.29. The van der Waals surface area contributed by atoms with Crippen LogP contribution in [0.15, 0.2) is 58.2 Å².